The number of fused-ring (bicyclic) bond motifs is 1. The van der Waals surface area contributed by atoms with E-state index in [9.17, 15) is 4.79 Å². The van der Waals surface area contributed by atoms with E-state index in [0.29, 0.717) is 24.1 Å². The Morgan fingerprint density at radius 3 is 2.12 bits per heavy atom. The van der Waals surface area contributed by atoms with Gasteiger partial charge in [-0.3, -0.25) is 20.7 Å². The average molecular weight is 441 g/mol. The summed E-state index contributed by atoms with van der Waals surface area (Å²) >= 11 is 0. The first kappa shape index (κ1) is 22.1. The third-order valence-electron chi connectivity index (χ3n) is 5.86. The highest BCUT2D eigenvalue weighted by Crippen LogP contribution is 2.22. The van der Waals surface area contributed by atoms with Crippen molar-refractivity contribution in [2.24, 2.45) is 11.5 Å². The van der Waals surface area contributed by atoms with E-state index in [1.54, 1.807) is 16.8 Å². The Labute approximate surface area is 192 Å². The molecule has 0 radical (unpaired) electrons. The predicted octanol–water partition coefficient (Wildman–Crippen LogP) is 3.66. The van der Waals surface area contributed by atoms with Crippen LogP contribution in [0.4, 0.5) is 0 Å². The number of nitrogen functional groups attached to an aromatic ring is 2. The monoisotopic (exact) mass is 440 g/mol. The van der Waals surface area contributed by atoms with Crippen LogP contribution in [0, 0.1) is 10.8 Å². The molecule has 0 spiro atoms. The zero-order chi connectivity index (χ0) is 23.7. The molecule has 3 aromatic carbocycles. The Bertz CT molecular complexity index is 1410. The molecule has 7 heteroatoms. The Balaban J connectivity index is 1.67. The van der Waals surface area contributed by atoms with E-state index in [4.69, 9.17) is 22.3 Å². The fraction of sp³-hybridized carbons (Fsp3) is 0.192. The maximum absolute atomic E-state index is 13.3. The SMILES string of the molecule is CC(C)c1[nH]n(Cc2ccc(C(=N)N)cc2)c(=O)c1Cc1ccc2ccc(C(=N)N)cc2c1. The number of benzene rings is 3. The molecule has 7 nitrogen and oxygen atoms in total. The number of amidine groups is 2. The average Bonchev–Trinajstić information content (AvgIpc) is 3.09. The molecule has 0 aliphatic carbocycles. The standard InChI is InChI=1S/C26H28N6O/c1-15(2)23-22(12-17-5-6-18-9-10-20(25(29)30)13-21(18)11-17)26(33)32(31-23)14-16-3-7-19(8-4-16)24(27)28/h3-11,13,15,31H,12,14H2,1-2H3,(H3,27,28)(H3,29,30). The zero-order valence-corrected chi connectivity index (χ0v) is 18.8. The molecule has 0 aliphatic heterocycles. The van der Waals surface area contributed by atoms with Gasteiger partial charge in [-0.2, -0.15) is 0 Å². The maximum Gasteiger partial charge on any atom is 0.270 e. The van der Waals surface area contributed by atoms with Gasteiger partial charge in [0.25, 0.3) is 5.56 Å². The van der Waals surface area contributed by atoms with Gasteiger partial charge in [-0.05, 0) is 33.9 Å². The molecule has 1 aromatic heterocycles. The first-order chi connectivity index (χ1) is 15.7. The lowest BCUT2D eigenvalue weighted by Crippen LogP contribution is -2.20. The molecule has 4 aromatic rings. The van der Waals surface area contributed by atoms with Gasteiger partial charge in [0.1, 0.15) is 11.7 Å². The lowest BCUT2D eigenvalue weighted by Gasteiger charge is -2.08. The molecule has 0 unspecified atom stereocenters. The molecule has 4 rings (SSSR count). The van der Waals surface area contributed by atoms with Gasteiger partial charge in [-0.1, -0.05) is 68.4 Å². The molecule has 168 valence electrons. The highest BCUT2D eigenvalue weighted by atomic mass is 16.1. The van der Waals surface area contributed by atoms with Crippen LogP contribution in [0.5, 0.6) is 0 Å². The van der Waals surface area contributed by atoms with E-state index in [1.165, 1.54) is 0 Å². The third-order valence-corrected chi connectivity index (χ3v) is 5.86. The fourth-order valence-electron chi connectivity index (χ4n) is 4.05. The Morgan fingerprint density at radius 2 is 1.48 bits per heavy atom. The molecule has 1 heterocycles. The molecule has 0 bridgehead atoms. The first-order valence-electron chi connectivity index (χ1n) is 10.8. The van der Waals surface area contributed by atoms with E-state index < -0.39 is 0 Å². The van der Waals surface area contributed by atoms with Crippen molar-refractivity contribution < 1.29 is 0 Å². The Morgan fingerprint density at radius 1 is 0.879 bits per heavy atom. The molecular formula is C26H28N6O. The fourth-order valence-corrected chi connectivity index (χ4v) is 4.05. The lowest BCUT2D eigenvalue weighted by molar-refractivity contribution is 0.640. The second-order valence-electron chi connectivity index (χ2n) is 8.65. The molecule has 0 saturated heterocycles. The number of hydrogen-bond donors (Lipinski definition) is 5. The number of aromatic nitrogens is 2. The Kier molecular flexibility index (Phi) is 5.87. The van der Waals surface area contributed by atoms with Gasteiger partial charge >= 0.3 is 0 Å². The van der Waals surface area contributed by atoms with Gasteiger partial charge in [-0.25, -0.2) is 4.68 Å². The topological polar surface area (TPSA) is 138 Å². The minimum atomic E-state index is -0.0353. The van der Waals surface area contributed by atoms with Crippen LogP contribution in [0.2, 0.25) is 0 Å². The van der Waals surface area contributed by atoms with Crippen LogP contribution in [-0.4, -0.2) is 21.5 Å². The summed E-state index contributed by atoms with van der Waals surface area (Å²) < 4.78 is 1.64. The van der Waals surface area contributed by atoms with E-state index >= 15 is 0 Å². The van der Waals surface area contributed by atoms with Crippen LogP contribution in [-0.2, 0) is 13.0 Å². The first-order valence-corrected chi connectivity index (χ1v) is 10.8. The molecule has 0 aliphatic rings. The maximum atomic E-state index is 13.3. The van der Waals surface area contributed by atoms with Crippen LogP contribution in [0.3, 0.4) is 0 Å². The highest BCUT2D eigenvalue weighted by Gasteiger charge is 2.17. The molecule has 0 atom stereocenters. The van der Waals surface area contributed by atoms with Crippen molar-refractivity contribution in [2.75, 3.05) is 0 Å². The summed E-state index contributed by atoms with van der Waals surface area (Å²) in [6, 6.07) is 19.2. The number of aromatic amines is 1. The highest BCUT2D eigenvalue weighted by molar-refractivity contribution is 5.99. The zero-order valence-electron chi connectivity index (χ0n) is 18.8. The molecule has 0 fully saturated rings. The summed E-state index contributed by atoms with van der Waals surface area (Å²) in [6.07, 6.45) is 0.513. The minimum absolute atomic E-state index is 0.0220. The number of nitrogens with zero attached hydrogens (tertiary/aromatic N) is 1. The van der Waals surface area contributed by atoms with Gasteiger partial charge in [-0.15, -0.1) is 0 Å². The molecule has 7 N–H and O–H groups in total. The van der Waals surface area contributed by atoms with Crippen LogP contribution in [0.15, 0.2) is 65.5 Å². The quantitative estimate of drug-likeness (QED) is 0.221. The van der Waals surface area contributed by atoms with Gasteiger partial charge < -0.3 is 11.5 Å². The number of nitrogens with two attached hydrogens (primary N) is 2. The van der Waals surface area contributed by atoms with Crippen molar-refractivity contribution in [1.29, 1.82) is 10.8 Å². The minimum Gasteiger partial charge on any atom is -0.384 e. The number of nitrogens with one attached hydrogen (secondary N) is 3. The Hall–Kier alpha value is -4.13. The lowest BCUT2D eigenvalue weighted by atomic mass is 9.97. The van der Waals surface area contributed by atoms with Crippen LogP contribution in [0.1, 0.15) is 53.3 Å². The van der Waals surface area contributed by atoms with Crippen molar-refractivity contribution in [1.82, 2.24) is 9.78 Å². The van der Waals surface area contributed by atoms with Crippen molar-refractivity contribution in [2.45, 2.75) is 32.7 Å². The van der Waals surface area contributed by atoms with Crippen LogP contribution < -0.4 is 17.0 Å². The van der Waals surface area contributed by atoms with E-state index in [0.717, 1.165) is 33.2 Å². The van der Waals surface area contributed by atoms with Crippen molar-refractivity contribution >= 4 is 22.4 Å². The number of H-pyrrole nitrogens is 1. The largest absolute Gasteiger partial charge is 0.384 e. The van der Waals surface area contributed by atoms with Crippen molar-refractivity contribution in [3.05, 3.63) is 105 Å². The summed E-state index contributed by atoms with van der Waals surface area (Å²) in [5.41, 5.74) is 16.1. The van der Waals surface area contributed by atoms with Gasteiger partial charge in [0, 0.05) is 28.8 Å². The summed E-state index contributed by atoms with van der Waals surface area (Å²) in [5, 5.41) is 20.6. The molecular weight excluding hydrogens is 412 g/mol. The van der Waals surface area contributed by atoms with E-state index in [2.05, 4.69) is 25.0 Å². The molecule has 0 amide bonds. The second-order valence-corrected chi connectivity index (χ2v) is 8.65. The predicted molar refractivity (Wildman–Crippen MR) is 133 cm³/mol. The number of rotatable bonds is 7. The molecule has 33 heavy (non-hydrogen) atoms. The van der Waals surface area contributed by atoms with Gasteiger partial charge in [0.2, 0.25) is 0 Å². The summed E-state index contributed by atoms with van der Waals surface area (Å²) in [4.78, 5) is 13.3. The summed E-state index contributed by atoms with van der Waals surface area (Å²) in [7, 11) is 0. The smallest absolute Gasteiger partial charge is 0.270 e. The van der Waals surface area contributed by atoms with Gasteiger partial charge in [0.15, 0.2) is 0 Å². The van der Waals surface area contributed by atoms with Crippen LogP contribution >= 0.6 is 0 Å². The van der Waals surface area contributed by atoms with Gasteiger partial charge in [0.05, 0.1) is 6.54 Å². The normalized spacial score (nSPS) is 11.2. The van der Waals surface area contributed by atoms with Crippen molar-refractivity contribution in [3.63, 3.8) is 0 Å². The third kappa shape index (κ3) is 4.57. The van der Waals surface area contributed by atoms with Crippen LogP contribution in [0.25, 0.3) is 10.8 Å². The van der Waals surface area contributed by atoms with Crippen molar-refractivity contribution in [3.8, 4) is 0 Å². The summed E-state index contributed by atoms with van der Waals surface area (Å²) in [6.45, 7) is 4.55. The second kappa shape index (κ2) is 8.78. The van der Waals surface area contributed by atoms with E-state index in [1.807, 2.05) is 42.5 Å². The molecule has 0 saturated carbocycles. The summed E-state index contributed by atoms with van der Waals surface area (Å²) in [5.74, 6) is 0.224. The van der Waals surface area contributed by atoms with E-state index in [-0.39, 0.29) is 23.1 Å². The number of hydrogen-bond acceptors (Lipinski definition) is 3.